The summed E-state index contributed by atoms with van der Waals surface area (Å²) in [5.74, 6) is -0.178. The van der Waals surface area contributed by atoms with Gasteiger partial charge in [-0.15, -0.1) is 11.3 Å². The Kier molecular flexibility index (Phi) is 5.43. The number of pyridine rings is 2. The lowest BCUT2D eigenvalue weighted by atomic mass is 10.1. The van der Waals surface area contributed by atoms with Crippen LogP contribution in [-0.4, -0.2) is 41.0 Å². The van der Waals surface area contributed by atoms with E-state index in [0.717, 1.165) is 53.8 Å². The molecule has 1 aromatic carbocycles. The van der Waals surface area contributed by atoms with E-state index in [9.17, 15) is 9.59 Å². The van der Waals surface area contributed by atoms with Gasteiger partial charge in [-0.3, -0.25) is 14.7 Å². The van der Waals surface area contributed by atoms with Gasteiger partial charge in [0.15, 0.2) is 0 Å². The molecule has 3 amide bonds. The SMILES string of the molecule is Cc1cnc(-c2ccccc2)cc1N1C(=O)Nc2c(C(=O)NC3CCCNC3)sc3nccc1c23. The first-order chi connectivity index (χ1) is 17.1. The maximum absolute atomic E-state index is 13.5. The van der Waals surface area contributed by atoms with Crippen LogP contribution >= 0.6 is 11.3 Å². The highest BCUT2D eigenvalue weighted by Crippen LogP contribution is 2.46. The van der Waals surface area contributed by atoms with Gasteiger partial charge in [0.25, 0.3) is 5.91 Å². The molecule has 35 heavy (non-hydrogen) atoms. The lowest BCUT2D eigenvalue weighted by Crippen LogP contribution is -2.45. The zero-order chi connectivity index (χ0) is 23.9. The summed E-state index contributed by atoms with van der Waals surface area (Å²) in [6.45, 7) is 3.66. The molecule has 2 aliphatic heterocycles. The molecule has 3 aromatic heterocycles. The van der Waals surface area contributed by atoms with Gasteiger partial charge in [0, 0.05) is 30.5 Å². The fourth-order valence-corrected chi connectivity index (χ4v) is 5.75. The van der Waals surface area contributed by atoms with Crippen LogP contribution in [0.25, 0.3) is 21.5 Å². The van der Waals surface area contributed by atoms with Crippen molar-refractivity contribution in [3.63, 3.8) is 0 Å². The number of piperidine rings is 1. The Hall–Kier alpha value is -3.82. The number of carbonyl (C=O) groups is 2. The van der Waals surface area contributed by atoms with Crippen LogP contribution in [0.1, 0.15) is 28.1 Å². The van der Waals surface area contributed by atoms with Crippen molar-refractivity contribution < 1.29 is 9.59 Å². The molecule has 1 saturated heterocycles. The first-order valence-corrected chi connectivity index (χ1v) is 12.5. The van der Waals surface area contributed by atoms with E-state index in [1.54, 1.807) is 17.3 Å². The minimum Gasteiger partial charge on any atom is -0.347 e. The van der Waals surface area contributed by atoms with Crippen molar-refractivity contribution >= 4 is 50.6 Å². The number of nitrogens with zero attached hydrogens (tertiary/aromatic N) is 3. The Labute approximate surface area is 206 Å². The second-order valence-corrected chi connectivity index (χ2v) is 9.82. The van der Waals surface area contributed by atoms with Crippen LogP contribution in [0.4, 0.5) is 21.9 Å². The number of amides is 3. The number of thiophene rings is 1. The second kappa shape index (κ2) is 8.75. The van der Waals surface area contributed by atoms with E-state index in [4.69, 9.17) is 0 Å². The zero-order valence-electron chi connectivity index (χ0n) is 19.2. The standard InChI is InChI=1S/C26H24N6O2S/c1-15-13-29-18(16-6-3-2-4-7-16)12-20(15)32-19-9-11-28-25-21(19)22(31-26(32)34)23(35-25)24(33)30-17-8-5-10-27-14-17/h2-4,6-7,9,11-13,17,27H,5,8,10,14H2,1H3,(H,30,33)(H,31,34). The predicted octanol–water partition coefficient (Wildman–Crippen LogP) is 4.83. The highest BCUT2D eigenvalue weighted by atomic mass is 32.1. The Morgan fingerprint density at radius 1 is 1.17 bits per heavy atom. The average molecular weight is 485 g/mol. The molecule has 4 aromatic rings. The van der Waals surface area contributed by atoms with Gasteiger partial charge in [-0.2, -0.15) is 0 Å². The van der Waals surface area contributed by atoms with Crippen molar-refractivity contribution in [2.45, 2.75) is 25.8 Å². The van der Waals surface area contributed by atoms with E-state index in [0.29, 0.717) is 21.1 Å². The van der Waals surface area contributed by atoms with E-state index in [2.05, 4.69) is 25.9 Å². The molecule has 5 heterocycles. The van der Waals surface area contributed by atoms with Crippen LogP contribution in [0.15, 0.2) is 54.9 Å². The van der Waals surface area contributed by atoms with Crippen LogP contribution in [0.5, 0.6) is 0 Å². The summed E-state index contributed by atoms with van der Waals surface area (Å²) >= 11 is 1.31. The molecule has 0 aliphatic carbocycles. The number of hydrogen-bond acceptors (Lipinski definition) is 6. The molecule has 6 rings (SSSR count). The van der Waals surface area contributed by atoms with Crippen LogP contribution in [0.2, 0.25) is 0 Å². The molecule has 1 unspecified atom stereocenters. The first-order valence-electron chi connectivity index (χ1n) is 11.7. The summed E-state index contributed by atoms with van der Waals surface area (Å²) in [4.78, 5) is 38.6. The number of carbonyl (C=O) groups excluding carboxylic acids is 2. The van der Waals surface area contributed by atoms with E-state index in [-0.39, 0.29) is 18.0 Å². The van der Waals surface area contributed by atoms with Crippen molar-refractivity contribution in [2.24, 2.45) is 0 Å². The van der Waals surface area contributed by atoms with Crippen molar-refractivity contribution in [1.29, 1.82) is 0 Å². The Morgan fingerprint density at radius 3 is 2.83 bits per heavy atom. The summed E-state index contributed by atoms with van der Waals surface area (Å²) in [6, 6.07) is 13.4. The molecular formula is C26H24N6O2S. The molecule has 8 nitrogen and oxygen atoms in total. The zero-order valence-corrected chi connectivity index (χ0v) is 20.0. The number of benzene rings is 1. The summed E-state index contributed by atoms with van der Waals surface area (Å²) in [5, 5.41) is 10.2. The van der Waals surface area contributed by atoms with Gasteiger partial charge in [-0.25, -0.2) is 9.78 Å². The normalized spacial score (nSPS) is 17.3. The number of urea groups is 1. The van der Waals surface area contributed by atoms with E-state index >= 15 is 0 Å². The third-order valence-electron chi connectivity index (χ3n) is 6.47. The smallest absolute Gasteiger partial charge is 0.331 e. The van der Waals surface area contributed by atoms with Crippen LogP contribution in [0, 0.1) is 6.92 Å². The Balaban J connectivity index is 1.42. The van der Waals surface area contributed by atoms with E-state index < -0.39 is 0 Å². The van der Waals surface area contributed by atoms with Crippen molar-refractivity contribution in [1.82, 2.24) is 20.6 Å². The van der Waals surface area contributed by atoms with Crippen molar-refractivity contribution in [3.8, 4) is 11.3 Å². The van der Waals surface area contributed by atoms with Gasteiger partial charge in [-0.05, 0) is 44.0 Å². The second-order valence-electron chi connectivity index (χ2n) is 8.82. The Morgan fingerprint density at radius 2 is 2.03 bits per heavy atom. The molecule has 0 bridgehead atoms. The maximum atomic E-state index is 13.5. The molecule has 9 heteroatoms. The topological polar surface area (TPSA) is 99.2 Å². The van der Waals surface area contributed by atoms with Gasteiger partial charge < -0.3 is 16.0 Å². The number of aromatic nitrogens is 2. The largest absolute Gasteiger partial charge is 0.347 e. The highest BCUT2D eigenvalue weighted by Gasteiger charge is 2.34. The molecule has 176 valence electrons. The van der Waals surface area contributed by atoms with Crippen LogP contribution in [-0.2, 0) is 0 Å². The monoisotopic (exact) mass is 484 g/mol. The van der Waals surface area contributed by atoms with Crippen LogP contribution in [0.3, 0.4) is 0 Å². The Bertz CT molecular complexity index is 1450. The molecule has 0 spiro atoms. The molecule has 0 saturated carbocycles. The average Bonchev–Trinajstić information content (AvgIpc) is 3.26. The maximum Gasteiger partial charge on any atom is 0.331 e. The minimum absolute atomic E-state index is 0.0766. The molecular weight excluding hydrogens is 460 g/mol. The first kappa shape index (κ1) is 21.7. The number of anilines is 3. The highest BCUT2D eigenvalue weighted by molar-refractivity contribution is 7.21. The lowest BCUT2D eigenvalue weighted by molar-refractivity contribution is 0.0935. The molecule has 1 fully saturated rings. The molecule has 1 atom stereocenters. The fraction of sp³-hybridized carbons (Fsp3) is 0.231. The number of aryl methyl sites for hydroxylation is 1. The van der Waals surface area contributed by atoms with Crippen molar-refractivity contribution in [3.05, 3.63) is 65.3 Å². The van der Waals surface area contributed by atoms with Gasteiger partial charge in [0.1, 0.15) is 9.71 Å². The van der Waals surface area contributed by atoms with E-state index in [1.165, 1.54) is 11.3 Å². The van der Waals surface area contributed by atoms with Gasteiger partial charge in [-0.1, -0.05) is 30.3 Å². The molecule has 2 aliphatic rings. The van der Waals surface area contributed by atoms with Gasteiger partial charge >= 0.3 is 6.03 Å². The minimum atomic E-state index is -0.315. The number of rotatable bonds is 4. The molecule has 3 N–H and O–H groups in total. The number of hydrogen-bond donors (Lipinski definition) is 3. The van der Waals surface area contributed by atoms with Crippen molar-refractivity contribution in [2.75, 3.05) is 23.3 Å². The summed E-state index contributed by atoms with van der Waals surface area (Å²) < 4.78 is 0. The summed E-state index contributed by atoms with van der Waals surface area (Å²) in [6.07, 6.45) is 5.43. The van der Waals surface area contributed by atoms with Gasteiger partial charge in [0.2, 0.25) is 0 Å². The fourth-order valence-electron chi connectivity index (χ4n) is 4.73. The van der Waals surface area contributed by atoms with E-state index in [1.807, 2.05) is 49.4 Å². The third-order valence-corrected chi connectivity index (χ3v) is 7.57. The third kappa shape index (κ3) is 3.82. The predicted molar refractivity (Wildman–Crippen MR) is 139 cm³/mol. The summed E-state index contributed by atoms with van der Waals surface area (Å²) in [7, 11) is 0. The quantitative estimate of drug-likeness (QED) is 0.385. The number of nitrogens with one attached hydrogen (secondary N) is 3. The molecule has 0 radical (unpaired) electrons. The van der Waals surface area contributed by atoms with Crippen LogP contribution < -0.4 is 20.9 Å². The lowest BCUT2D eigenvalue weighted by Gasteiger charge is -2.30. The summed E-state index contributed by atoms with van der Waals surface area (Å²) in [5.41, 5.74) is 4.59. The van der Waals surface area contributed by atoms with Gasteiger partial charge in [0.05, 0.1) is 28.1 Å².